The molecular weight excluding hydrogens is 248 g/mol. The number of nitrogens with one attached hydrogen (secondary N) is 1. The van der Waals surface area contributed by atoms with Gasteiger partial charge in [0.1, 0.15) is 5.75 Å². The van der Waals surface area contributed by atoms with Gasteiger partial charge in [-0.1, -0.05) is 0 Å². The second kappa shape index (κ2) is 6.63. The smallest absolute Gasteiger partial charge is 0.321 e. The Labute approximate surface area is 112 Å². The van der Waals surface area contributed by atoms with Crippen LogP contribution in [0, 0.1) is 0 Å². The van der Waals surface area contributed by atoms with Gasteiger partial charge < -0.3 is 15.2 Å². The van der Waals surface area contributed by atoms with Gasteiger partial charge in [-0.25, -0.2) is 4.79 Å². The number of hydrogen-bond acceptors (Lipinski definition) is 3. The maximum absolute atomic E-state index is 11.9. The van der Waals surface area contributed by atoms with E-state index in [4.69, 9.17) is 9.84 Å². The van der Waals surface area contributed by atoms with E-state index < -0.39 is 12.0 Å². The summed E-state index contributed by atoms with van der Waals surface area (Å²) in [4.78, 5) is 23.8. The van der Waals surface area contributed by atoms with E-state index >= 15 is 0 Å². The van der Waals surface area contributed by atoms with Gasteiger partial charge in [0.25, 0.3) is 0 Å². The Kier molecular flexibility index (Phi) is 5.17. The third-order valence-corrected chi connectivity index (χ3v) is 2.62. The predicted molar refractivity (Wildman–Crippen MR) is 71.6 cm³/mol. The average Bonchev–Trinajstić information content (AvgIpc) is 2.36. The highest BCUT2D eigenvalue weighted by atomic mass is 16.5. The van der Waals surface area contributed by atoms with Gasteiger partial charge in [0, 0.05) is 18.8 Å². The monoisotopic (exact) mass is 266 g/mol. The van der Waals surface area contributed by atoms with Gasteiger partial charge in [0.2, 0.25) is 0 Å². The number of carbonyl (C=O) groups excluding carboxylic acids is 1. The SMILES string of the molecule is COc1ccc(N(C)C(=O)NC(C)CC(=O)O)cc1. The topological polar surface area (TPSA) is 78.9 Å². The fraction of sp³-hybridized carbons (Fsp3) is 0.385. The van der Waals surface area contributed by atoms with E-state index in [1.807, 2.05) is 0 Å². The lowest BCUT2D eigenvalue weighted by Gasteiger charge is -2.20. The molecule has 0 radical (unpaired) electrons. The number of carbonyl (C=O) groups is 2. The summed E-state index contributed by atoms with van der Waals surface area (Å²) in [7, 11) is 3.18. The summed E-state index contributed by atoms with van der Waals surface area (Å²) in [6, 6.07) is 6.23. The Balaban J connectivity index is 2.62. The van der Waals surface area contributed by atoms with Crippen LogP contribution in [0.25, 0.3) is 0 Å². The lowest BCUT2D eigenvalue weighted by Crippen LogP contribution is -2.42. The third-order valence-electron chi connectivity index (χ3n) is 2.62. The number of carboxylic acids is 1. The van der Waals surface area contributed by atoms with Crippen molar-refractivity contribution in [1.82, 2.24) is 5.32 Å². The van der Waals surface area contributed by atoms with E-state index in [0.717, 1.165) is 0 Å². The maximum atomic E-state index is 11.9. The van der Waals surface area contributed by atoms with Gasteiger partial charge in [-0.2, -0.15) is 0 Å². The lowest BCUT2D eigenvalue weighted by molar-refractivity contribution is -0.137. The molecule has 0 spiro atoms. The largest absolute Gasteiger partial charge is 0.497 e. The molecule has 0 bridgehead atoms. The molecule has 1 aromatic rings. The lowest BCUT2D eigenvalue weighted by atomic mass is 10.2. The Morgan fingerprint density at radius 3 is 2.42 bits per heavy atom. The first kappa shape index (κ1) is 14.8. The second-order valence-corrected chi connectivity index (χ2v) is 4.21. The number of rotatable bonds is 5. The zero-order valence-electron chi connectivity index (χ0n) is 11.2. The number of amides is 2. The van der Waals surface area contributed by atoms with Gasteiger partial charge in [0.15, 0.2) is 0 Å². The summed E-state index contributed by atoms with van der Waals surface area (Å²) >= 11 is 0. The van der Waals surface area contributed by atoms with E-state index in [0.29, 0.717) is 11.4 Å². The fourth-order valence-electron chi connectivity index (χ4n) is 1.54. The molecule has 0 fully saturated rings. The van der Waals surface area contributed by atoms with Gasteiger partial charge in [-0.15, -0.1) is 0 Å². The molecule has 0 aliphatic carbocycles. The summed E-state index contributed by atoms with van der Waals surface area (Å²) in [5, 5.41) is 11.2. The number of urea groups is 1. The standard InChI is InChI=1S/C13H18N2O4/c1-9(8-12(16)17)14-13(18)15(2)10-4-6-11(19-3)7-5-10/h4-7,9H,8H2,1-3H3,(H,14,18)(H,16,17). The highest BCUT2D eigenvalue weighted by Gasteiger charge is 2.15. The normalized spacial score (nSPS) is 11.5. The van der Waals surface area contributed by atoms with Crippen LogP contribution in [-0.2, 0) is 4.79 Å². The number of hydrogen-bond donors (Lipinski definition) is 2. The first-order chi connectivity index (χ1) is 8.93. The highest BCUT2D eigenvalue weighted by Crippen LogP contribution is 2.18. The molecule has 0 saturated heterocycles. The first-order valence-electron chi connectivity index (χ1n) is 5.84. The molecule has 6 nitrogen and oxygen atoms in total. The van der Waals surface area contributed by atoms with Gasteiger partial charge in [0.05, 0.1) is 13.5 Å². The molecule has 0 aliphatic rings. The van der Waals surface area contributed by atoms with Crippen molar-refractivity contribution in [2.45, 2.75) is 19.4 Å². The summed E-state index contributed by atoms with van der Waals surface area (Å²) in [6.45, 7) is 1.65. The molecule has 19 heavy (non-hydrogen) atoms. The number of methoxy groups -OCH3 is 1. The maximum Gasteiger partial charge on any atom is 0.321 e. The molecule has 6 heteroatoms. The van der Waals surface area contributed by atoms with Crippen LogP contribution in [0.3, 0.4) is 0 Å². The molecule has 0 aromatic heterocycles. The quantitative estimate of drug-likeness (QED) is 0.850. The Hall–Kier alpha value is -2.24. The molecule has 1 unspecified atom stereocenters. The van der Waals surface area contributed by atoms with Crippen LogP contribution < -0.4 is 15.0 Å². The molecular formula is C13H18N2O4. The minimum atomic E-state index is -0.945. The van der Waals surface area contributed by atoms with Gasteiger partial charge in [-0.3, -0.25) is 9.69 Å². The zero-order chi connectivity index (χ0) is 14.4. The average molecular weight is 266 g/mol. The van der Waals surface area contributed by atoms with Gasteiger partial charge >= 0.3 is 12.0 Å². The molecule has 2 amide bonds. The zero-order valence-corrected chi connectivity index (χ0v) is 11.2. The summed E-state index contributed by atoms with van der Waals surface area (Å²) in [5.41, 5.74) is 0.695. The molecule has 0 heterocycles. The number of anilines is 1. The Morgan fingerprint density at radius 1 is 1.37 bits per heavy atom. The molecule has 1 atom stereocenters. The van der Waals surface area contributed by atoms with Crippen LogP contribution in [0.5, 0.6) is 5.75 Å². The number of benzene rings is 1. The van der Waals surface area contributed by atoms with Gasteiger partial charge in [-0.05, 0) is 31.2 Å². The predicted octanol–water partition coefficient (Wildman–Crippen LogP) is 1.70. The highest BCUT2D eigenvalue weighted by molar-refractivity contribution is 5.91. The van der Waals surface area contributed by atoms with Crippen LogP contribution in [0.4, 0.5) is 10.5 Å². The second-order valence-electron chi connectivity index (χ2n) is 4.21. The number of carboxylic acid groups (broad SMARTS) is 1. The minimum absolute atomic E-state index is 0.109. The van der Waals surface area contributed by atoms with Crippen LogP contribution in [0.15, 0.2) is 24.3 Å². The van der Waals surface area contributed by atoms with Crippen molar-refractivity contribution in [2.75, 3.05) is 19.1 Å². The van der Waals surface area contributed by atoms with Crippen molar-refractivity contribution in [3.8, 4) is 5.75 Å². The van der Waals surface area contributed by atoms with Crippen LogP contribution in [0.2, 0.25) is 0 Å². The molecule has 1 aromatic carbocycles. The van der Waals surface area contributed by atoms with Crippen molar-refractivity contribution in [3.63, 3.8) is 0 Å². The third kappa shape index (κ3) is 4.50. The van der Waals surface area contributed by atoms with Crippen LogP contribution in [0.1, 0.15) is 13.3 Å². The number of nitrogens with zero attached hydrogens (tertiary/aromatic N) is 1. The Morgan fingerprint density at radius 2 is 1.95 bits per heavy atom. The molecule has 104 valence electrons. The van der Waals surface area contributed by atoms with E-state index in [1.165, 1.54) is 4.90 Å². The minimum Gasteiger partial charge on any atom is -0.497 e. The number of aliphatic carboxylic acids is 1. The van der Waals surface area contributed by atoms with E-state index in [1.54, 1.807) is 45.3 Å². The van der Waals surface area contributed by atoms with E-state index in [9.17, 15) is 9.59 Å². The van der Waals surface area contributed by atoms with Crippen LogP contribution >= 0.6 is 0 Å². The van der Waals surface area contributed by atoms with Crippen molar-refractivity contribution < 1.29 is 19.4 Å². The molecule has 2 N–H and O–H groups in total. The number of ether oxygens (including phenoxy) is 1. The van der Waals surface area contributed by atoms with Crippen molar-refractivity contribution in [2.24, 2.45) is 0 Å². The summed E-state index contributed by atoms with van der Waals surface area (Å²) < 4.78 is 5.03. The van der Waals surface area contributed by atoms with Crippen molar-refractivity contribution in [1.29, 1.82) is 0 Å². The fourth-order valence-corrected chi connectivity index (χ4v) is 1.54. The molecule has 1 rings (SSSR count). The summed E-state index contributed by atoms with van der Waals surface area (Å²) in [5.74, 6) is -0.239. The van der Waals surface area contributed by atoms with Crippen molar-refractivity contribution in [3.05, 3.63) is 24.3 Å². The van der Waals surface area contributed by atoms with Crippen LogP contribution in [-0.4, -0.2) is 37.3 Å². The van der Waals surface area contributed by atoms with Crippen molar-refractivity contribution >= 4 is 17.7 Å². The first-order valence-corrected chi connectivity index (χ1v) is 5.84. The molecule has 0 aliphatic heterocycles. The molecule has 0 saturated carbocycles. The van der Waals surface area contributed by atoms with E-state index in [-0.39, 0.29) is 12.5 Å². The van der Waals surface area contributed by atoms with E-state index in [2.05, 4.69) is 5.32 Å². The Bertz CT molecular complexity index is 444. The summed E-state index contributed by atoms with van der Waals surface area (Å²) in [6.07, 6.45) is -0.109.